The maximum atomic E-state index is 5.54. The minimum atomic E-state index is -0.961. The summed E-state index contributed by atoms with van der Waals surface area (Å²) in [6.45, 7) is 2.28. The molecule has 0 unspecified atom stereocenters. The van der Waals surface area contributed by atoms with Crippen molar-refractivity contribution < 1.29 is 0 Å². The average molecular weight is 286 g/mol. The van der Waals surface area contributed by atoms with Crippen molar-refractivity contribution in [3.05, 3.63) is 0 Å². The molecule has 0 saturated carbocycles. The first-order valence-electron chi connectivity index (χ1n) is 8.93. The van der Waals surface area contributed by atoms with E-state index in [9.17, 15) is 0 Å². The molecule has 0 fully saturated rings. The molecule has 0 radical (unpaired) electrons. The highest BCUT2D eigenvalue weighted by Gasteiger charge is 2.09. The molecule has 0 heterocycles. The summed E-state index contributed by atoms with van der Waals surface area (Å²) in [7, 11) is 0. The van der Waals surface area contributed by atoms with Gasteiger partial charge in [-0.15, -0.1) is 0 Å². The lowest BCUT2D eigenvalue weighted by molar-refractivity contribution is 0.399. The Morgan fingerprint density at radius 2 is 0.800 bits per heavy atom. The molecule has 0 atom stereocenters. The van der Waals surface area contributed by atoms with Gasteiger partial charge in [-0.1, -0.05) is 90.4 Å². The molecule has 6 N–H and O–H groups in total. The molecule has 0 aliphatic heterocycles. The Bertz CT molecular complexity index is 187. The zero-order valence-corrected chi connectivity index (χ0v) is 13.8. The van der Waals surface area contributed by atoms with E-state index in [0.717, 1.165) is 12.8 Å². The molecule has 0 bridgehead atoms. The van der Waals surface area contributed by atoms with E-state index in [1.807, 2.05) is 0 Å². The highest BCUT2D eigenvalue weighted by molar-refractivity contribution is 4.66. The molecule has 0 aliphatic rings. The fourth-order valence-corrected chi connectivity index (χ4v) is 2.63. The highest BCUT2D eigenvalue weighted by Crippen LogP contribution is 2.13. The van der Waals surface area contributed by atoms with Crippen LogP contribution < -0.4 is 17.2 Å². The van der Waals surface area contributed by atoms with Gasteiger partial charge in [0.15, 0.2) is 0 Å². The van der Waals surface area contributed by atoms with Gasteiger partial charge in [-0.3, -0.25) is 0 Å². The molecule has 0 aromatic heterocycles. The summed E-state index contributed by atoms with van der Waals surface area (Å²) in [5.41, 5.74) is 16.6. The van der Waals surface area contributed by atoms with Crippen LogP contribution in [0.2, 0.25) is 0 Å². The first-order chi connectivity index (χ1) is 9.56. The molecule has 3 nitrogen and oxygen atoms in total. The van der Waals surface area contributed by atoms with Crippen molar-refractivity contribution in [2.75, 3.05) is 0 Å². The first-order valence-corrected chi connectivity index (χ1v) is 8.93. The van der Waals surface area contributed by atoms with Crippen molar-refractivity contribution in [2.45, 2.75) is 109 Å². The fourth-order valence-electron chi connectivity index (χ4n) is 2.63. The molecule has 0 aliphatic carbocycles. The van der Waals surface area contributed by atoms with Crippen molar-refractivity contribution >= 4 is 0 Å². The molecular formula is C17H39N3. The van der Waals surface area contributed by atoms with Crippen molar-refractivity contribution in [2.24, 2.45) is 17.2 Å². The van der Waals surface area contributed by atoms with Crippen LogP contribution in [0.15, 0.2) is 0 Å². The summed E-state index contributed by atoms with van der Waals surface area (Å²) < 4.78 is 0. The van der Waals surface area contributed by atoms with Gasteiger partial charge in [0.05, 0.1) is 0 Å². The predicted molar refractivity (Wildman–Crippen MR) is 90.2 cm³/mol. The van der Waals surface area contributed by atoms with E-state index < -0.39 is 5.79 Å². The smallest absolute Gasteiger partial charge is 0.115 e. The third kappa shape index (κ3) is 17.9. The summed E-state index contributed by atoms with van der Waals surface area (Å²) in [6.07, 6.45) is 19.8. The van der Waals surface area contributed by atoms with Gasteiger partial charge in [0.1, 0.15) is 5.79 Å². The molecule has 20 heavy (non-hydrogen) atoms. The predicted octanol–water partition coefficient (Wildman–Crippen LogP) is 4.39. The largest absolute Gasteiger partial charge is 0.301 e. The molecule has 122 valence electrons. The Labute approximate surface area is 127 Å². The van der Waals surface area contributed by atoms with E-state index in [1.165, 1.54) is 83.5 Å². The number of hydrogen-bond donors (Lipinski definition) is 3. The molecule has 0 aromatic carbocycles. The molecule has 0 saturated heterocycles. The van der Waals surface area contributed by atoms with Crippen molar-refractivity contribution in [3.63, 3.8) is 0 Å². The van der Waals surface area contributed by atoms with E-state index in [0.29, 0.717) is 0 Å². The van der Waals surface area contributed by atoms with Crippen LogP contribution in [0.3, 0.4) is 0 Å². The lowest BCUT2D eigenvalue weighted by Gasteiger charge is -2.17. The second-order valence-corrected chi connectivity index (χ2v) is 6.46. The van der Waals surface area contributed by atoms with Gasteiger partial charge in [-0.05, 0) is 12.8 Å². The van der Waals surface area contributed by atoms with Crippen LogP contribution in [-0.4, -0.2) is 5.79 Å². The second kappa shape index (κ2) is 13.8. The summed E-state index contributed by atoms with van der Waals surface area (Å²) >= 11 is 0. The molecular weight excluding hydrogens is 246 g/mol. The lowest BCUT2D eigenvalue weighted by atomic mass is 10.0. The van der Waals surface area contributed by atoms with E-state index in [-0.39, 0.29) is 0 Å². The summed E-state index contributed by atoms with van der Waals surface area (Å²) in [6, 6.07) is 0. The van der Waals surface area contributed by atoms with Gasteiger partial charge in [-0.25, -0.2) is 0 Å². The summed E-state index contributed by atoms with van der Waals surface area (Å²) in [5.74, 6) is -0.961. The van der Waals surface area contributed by atoms with Gasteiger partial charge in [0.25, 0.3) is 0 Å². The van der Waals surface area contributed by atoms with Crippen LogP contribution in [0.25, 0.3) is 0 Å². The van der Waals surface area contributed by atoms with Crippen LogP contribution in [-0.2, 0) is 0 Å². The van der Waals surface area contributed by atoms with Crippen LogP contribution >= 0.6 is 0 Å². The molecule has 0 spiro atoms. The molecule has 0 aromatic rings. The topological polar surface area (TPSA) is 78.1 Å². The van der Waals surface area contributed by atoms with E-state index >= 15 is 0 Å². The average Bonchev–Trinajstić information content (AvgIpc) is 2.38. The van der Waals surface area contributed by atoms with Gasteiger partial charge < -0.3 is 17.2 Å². The molecule has 0 rings (SSSR count). The summed E-state index contributed by atoms with van der Waals surface area (Å²) in [4.78, 5) is 0. The Kier molecular flexibility index (Phi) is 13.8. The third-order valence-corrected chi connectivity index (χ3v) is 3.96. The van der Waals surface area contributed by atoms with E-state index in [1.54, 1.807) is 0 Å². The second-order valence-electron chi connectivity index (χ2n) is 6.46. The Balaban J connectivity index is 2.99. The zero-order valence-electron chi connectivity index (χ0n) is 13.8. The zero-order chi connectivity index (χ0) is 15.1. The maximum Gasteiger partial charge on any atom is 0.115 e. The minimum Gasteiger partial charge on any atom is -0.301 e. The number of hydrogen-bond acceptors (Lipinski definition) is 3. The lowest BCUT2D eigenvalue weighted by Crippen LogP contribution is -2.57. The van der Waals surface area contributed by atoms with E-state index in [4.69, 9.17) is 17.2 Å². The van der Waals surface area contributed by atoms with Crippen molar-refractivity contribution in [3.8, 4) is 0 Å². The first kappa shape index (κ1) is 19.9. The van der Waals surface area contributed by atoms with Crippen molar-refractivity contribution in [1.82, 2.24) is 0 Å². The van der Waals surface area contributed by atoms with Gasteiger partial charge in [-0.2, -0.15) is 0 Å². The quantitative estimate of drug-likeness (QED) is 0.308. The Morgan fingerprint density at radius 1 is 0.500 bits per heavy atom. The molecule has 0 amide bonds. The Hall–Kier alpha value is -0.120. The number of rotatable bonds is 15. The van der Waals surface area contributed by atoms with Crippen LogP contribution in [0.4, 0.5) is 0 Å². The standard InChI is InChI=1S/C17H39N3/c1-2-3-4-5-6-7-8-9-10-11-12-13-14-15-16-17(18,19)20/h2-16,18-20H2,1H3. The normalized spacial score (nSPS) is 12.0. The fraction of sp³-hybridized carbons (Fsp3) is 1.00. The third-order valence-electron chi connectivity index (χ3n) is 3.96. The number of unbranched alkanes of at least 4 members (excludes halogenated alkanes) is 13. The SMILES string of the molecule is CCCCCCCCCCCCCCCCC(N)(N)N. The van der Waals surface area contributed by atoms with E-state index in [2.05, 4.69) is 6.92 Å². The van der Waals surface area contributed by atoms with Crippen LogP contribution in [0.5, 0.6) is 0 Å². The highest BCUT2D eigenvalue weighted by atomic mass is 15.1. The summed E-state index contributed by atoms with van der Waals surface area (Å²) in [5, 5.41) is 0. The number of nitrogens with two attached hydrogens (primary N) is 3. The maximum absolute atomic E-state index is 5.54. The van der Waals surface area contributed by atoms with Gasteiger partial charge >= 0.3 is 0 Å². The van der Waals surface area contributed by atoms with Crippen LogP contribution in [0, 0.1) is 0 Å². The monoisotopic (exact) mass is 285 g/mol. The molecule has 3 heteroatoms. The Morgan fingerprint density at radius 3 is 1.10 bits per heavy atom. The van der Waals surface area contributed by atoms with Gasteiger partial charge in [0, 0.05) is 0 Å². The minimum absolute atomic E-state index is 0.727. The van der Waals surface area contributed by atoms with Crippen LogP contribution in [0.1, 0.15) is 103 Å². The van der Waals surface area contributed by atoms with Gasteiger partial charge in [0.2, 0.25) is 0 Å². The van der Waals surface area contributed by atoms with Crippen molar-refractivity contribution in [1.29, 1.82) is 0 Å².